The van der Waals surface area contributed by atoms with Gasteiger partial charge < -0.3 is 19.1 Å². The smallest absolute Gasteiger partial charge is 0.459 e. The number of esters is 1. The summed E-state index contributed by atoms with van der Waals surface area (Å²) in [5, 5.41) is 13.2. The molecular weight excluding hydrogens is 536 g/mol. The fourth-order valence-corrected chi connectivity index (χ4v) is 5.71. The van der Waals surface area contributed by atoms with Gasteiger partial charge in [-0.15, -0.1) is 0 Å². The highest BCUT2D eigenvalue weighted by molar-refractivity contribution is 7.52. The third-order valence-corrected chi connectivity index (χ3v) is 8.08. The second kappa shape index (κ2) is 11.3. The standard InChI is InChI=1S/C25H33FN3O9P/c1-14(2)36-22(32)15(3)28-39(34,38-18-9-7-17(8-10-18)16-5-6-16)35-13-19-21(31)25(4,26)23(37-19)29-12-11-20(30)27-24(29)33/h7-12,14-16,19,21,23,31H,5-6,13H2,1-4H3,(H,28,34)(H,27,30,33)/t15-,19+,21+,23+,25+,39-/m0/s1. The van der Waals surface area contributed by atoms with E-state index in [1.165, 1.54) is 6.92 Å². The maximum atomic E-state index is 15.5. The van der Waals surface area contributed by atoms with E-state index in [4.69, 9.17) is 18.5 Å². The van der Waals surface area contributed by atoms with Crippen molar-refractivity contribution in [3.05, 3.63) is 62.9 Å². The molecule has 1 saturated carbocycles. The van der Waals surface area contributed by atoms with Crippen LogP contribution in [-0.4, -0.2) is 57.3 Å². The summed E-state index contributed by atoms with van der Waals surface area (Å²) in [6.45, 7) is 5.13. The molecule has 1 saturated heterocycles. The summed E-state index contributed by atoms with van der Waals surface area (Å²) in [7, 11) is -4.33. The number of carbonyl (C=O) groups is 1. The number of carbonyl (C=O) groups excluding carboxylic acids is 1. The van der Waals surface area contributed by atoms with E-state index in [0.717, 1.165) is 42.2 Å². The molecule has 214 valence electrons. The molecule has 0 spiro atoms. The molecule has 6 atom stereocenters. The quantitative estimate of drug-likeness (QED) is 0.271. The summed E-state index contributed by atoms with van der Waals surface area (Å²) >= 11 is 0. The van der Waals surface area contributed by atoms with Crippen LogP contribution in [0.3, 0.4) is 0 Å². The largest absolute Gasteiger partial charge is 0.462 e. The lowest BCUT2D eigenvalue weighted by Gasteiger charge is -2.25. The number of nitrogens with zero attached hydrogens (tertiary/aromatic N) is 1. The number of aliphatic hydroxyl groups is 1. The second-order valence-electron chi connectivity index (χ2n) is 10.2. The minimum Gasteiger partial charge on any atom is -0.462 e. The van der Waals surface area contributed by atoms with E-state index >= 15 is 4.39 Å². The molecule has 1 aromatic heterocycles. The van der Waals surface area contributed by atoms with E-state index < -0.39 is 67.8 Å². The van der Waals surface area contributed by atoms with Crippen molar-refractivity contribution in [2.45, 2.75) is 82.7 Å². The summed E-state index contributed by atoms with van der Waals surface area (Å²) in [6.07, 6.45) is -2.00. The number of H-pyrrole nitrogens is 1. The summed E-state index contributed by atoms with van der Waals surface area (Å²) in [5.41, 5.74) is -2.99. The van der Waals surface area contributed by atoms with Crippen molar-refractivity contribution in [2.24, 2.45) is 0 Å². The number of halogens is 1. The molecule has 1 aliphatic heterocycles. The Labute approximate surface area is 224 Å². The Balaban J connectivity index is 1.52. The molecule has 0 bridgehead atoms. The van der Waals surface area contributed by atoms with Crippen LogP contribution in [0.4, 0.5) is 4.39 Å². The van der Waals surface area contributed by atoms with Gasteiger partial charge >= 0.3 is 19.4 Å². The van der Waals surface area contributed by atoms with E-state index in [1.807, 2.05) is 17.1 Å². The molecule has 39 heavy (non-hydrogen) atoms. The minimum absolute atomic E-state index is 0.195. The normalized spacial score (nSPS) is 27.2. The van der Waals surface area contributed by atoms with Gasteiger partial charge in [-0.25, -0.2) is 13.8 Å². The topological polar surface area (TPSA) is 158 Å². The van der Waals surface area contributed by atoms with E-state index in [9.17, 15) is 24.1 Å². The molecule has 12 nitrogen and oxygen atoms in total. The van der Waals surface area contributed by atoms with Gasteiger partial charge in [0.1, 0.15) is 24.0 Å². The molecular formula is C25H33FN3O9P. The Bertz CT molecular complexity index is 1340. The van der Waals surface area contributed by atoms with Crippen molar-refractivity contribution in [3.8, 4) is 5.75 Å². The van der Waals surface area contributed by atoms with Gasteiger partial charge in [0.25, 0.3) is 5.56 Å². The second-order valence-corrected chi connectivity index (χ2v) is 11.9. The maximum Gasteiger partial charge on any atom is 0.459 e. The van der Waals surface area contributed by atoms with Crippen LogP contribution in [-0.2, 0) is 23.4 Å². The van der Waals surface area contributed by atoms with Crippen LogP contribution in [0.25, 0.3) is 0 Å². The van der Waals surface area contributed by atoms with Gasteiger partial charge in [0.15, 0.2) is 11.9 Å². The van der Waals surface area contributed by atoms with Gasteiger partial charge in [-0.2, -0.15) is 5.09 Å². The highest BCUT2D eigenvalue weighted by atomic mass is 31.2. The van der Waals surface area contributed by atoms with E-state index in [0.29, 0.717) is 5.92 Å². The third-order valence-electron chi connectivity index (χ3n) is 6.44. The van der Waals surface area contributed by atoms with Gasteiger partial charge in [0.05, 0.1) is 12.7 Å². The zero-order valence-electron chi connectivity index (χ0n) is 22.0. The van der Waals surface area contributed by atoms with Crippen molar-refractivity contribution in [2.75, 3.05) is 6.61 Å². The molecule has 2 fully saturated rings. The van der Waals surface area contributed by atoms with Gasteiger partial charge in [0.2, 0.25) is 0 Å². The molecule has 4 rings (SSSR count). The Morgan fingerprint density at radius 3 is 2.51 bits per heavy atom. The lowest BCUT2D eigenvalue weighted by atomic mass is 9.98. The van der Waals surface area contributed by atoms with Crippen LogP contribution in [0.5, 0.6) is 5.75 Å². The summed E-state index contributed by atoms with van der Waals surface area (Å²) in [5.74, 6) is -0.0157. The number of alkyl halides is 1. The van der Waals surface area contributed by atoms with Crippen LogP contribution in [0.15, 0.2) is 46.1 Å². The third kappa shape index (κ3) is 6.85. The molecule has 2 heterocycles. The minimum atomic E-state index is -4.33. The van der Waals surface area contributed by atoms with Crippen LogP contribution >= 0.6 is 7.75 Å². The molecule has 14 heteroatoms. The number of aliphatic hydroxyl groups excluding tert-OH is 1. The first-order valence-corrected chi connectivity index (χ1v) is 14.2. The summed E-state index contributed by atoms with van der Waals surface area (Å²) in [6, 6.07) is 6.84. The first-order valence-electron chi connectivity index (χ1n) is 12.7. The van der Waals surface area contributed by atoms with E-state index in [-0.39, 0.29) is 5.75 Å². The van der Waals surface area contributed by atoms with Crippen LogP contribution in [0.2, 0.25) is 0 Å². The monoisotopic (exact) mass is 569 g/mol. The number of hydrogen-bond acceptors (Lipinski definition) is 9. The molecule has 1 aromatic carbocycles. The van der Waals surface area contributed by atoms with Gasteiger partial charge in [0, 0.05) is 12.3 Å². The summed E-state index contributed by atoms with van der Waals surface area (Å²) in [4.78, 5) is 38.0. The van der Waals surface area contributed by atoms with Crippen molar-refractivity contribution < 1.29 is 37.4 Å². The molecule has 2 aromatic rings. The number of aromatic nitrogens is 2. The van der Waals surface area contributed by atoms with Gasteiger partial charge in [-0.05, 0) is 64.2 Å². The predicted octanol–water partition coefficient (Wildman–Crippen LogP) is 2.53. The number of rotatable bonds is 11. The maximum absolute atomic E-state index is 15.5. The Morgan fingerprint density at radius 2 is 1.92 bits per heavy atom. The highest BCUT2D eigenvalue weighted by Crippen LogP contribution is 2.48. The number of nitrogens with one attached hydrogen (secondary N) is 2. The Hall–Kier alpha value is -2.83. The van der Waals surface area contributed by atoms with Gasteiger partial charge in [-0.3, -0.25) is 23.7 Å². The predicted molar refractivity (Wildman–Crippen MR) is 137 cm³/mol. The molecule has 0 radical (unpaired) electrons. The Kier molecular flexibility index (Phi) is 8.48. The average Bonchev–Trinajstić information content (AvgIpc) is 3.67. The number of ether oxygens (including phenoxy) is 2. The van der Waals surface area contributed by atoms with Crippen LogP contribution in [0.1, 0.15) is 58.2 Å². The van der Waals surface area contributed by atoms with Crippen molar-refractivity contribution in [1.29, 1.82) is 0 Å². The SMILES string of the molecule is CC(C)OC(=O)[C@H](C)N[P@](=O)(OC[C@H]1O[C@@H](n2ccc(=O)[nH]c2=O)[C@](C)(F)[C@@H]1O)Oc1ccc(C2CC2)cc1. The number of benzene rings is 1. The average molecular weight is 570 g/mol. The van der Waals surface area contributed by atoms with E-state index in [2.05, 4.69) is 5.09 Å². The van der Waals surface area contributed by atoms with Crippen LogP contribution < -0.4 is 20.9 Å². The number of hydrogen-bond donors (Lipinski definition) is 3. The zero-order chi connectivity index (χ0) is 28.5. The van der Waals surface area contributed by atoms with Crippen molar-refractivity contribution >= 4 is 13.7 Å². The highest BCUT2D eigenvalue weighted by Gasteiger charge is 2.56. The lowest BCUT2D eigenvalue weighted by molar-refractivity contribution is -0.149. The molecule has 0 unspecified atom stereocenters. The molecule has 1 aliphatic carbocycles. The van der Waals surface area contributed by atoms with E-state index in [1.54, 1.807) is 26.0 Å². The van der Waals surface area contributed by atoms with Crippen LogP contribution in [0, 0.1) is 0 Å². The molecule has 3 N–H and O–H groups in total. The first kappa shape index (κ1) is 29.2. The van der Waals surface area contributed by atoms with Gasteiger partial charge in [-0.1, -0.05) is 12.1 Å². The fraction of sp³-hybridized carbons (Fsp3) is 0.560. The Morgan fingerprint density at radius 1 is 1.26 bits per heavy atom. The number of aromatic amines is 1. The van der Waals surface area contributed by atoms with Crippen molar-refractivity contribution in [1.82, 2.24) is 14.6 Å². The summed E-state index contributed by atoms with van der Waals surface area (Å²) < 4.78 is 52.1. The lowest BCUT2D eigenvalue weighted by Crippen LogP contribution is -2.43. The zero-order valence-corrected chi connectivity index (χ0v) is 22.9. The molecule has 0 amide bonds. The molecule has 2 aliphatic rings. The first-order chi connectivity index (χ1) is 18.3. The fourth-order valence-electron chi connectivity index (χ4n) is 4.20. The van der Waals surface area contributed by atoms with Crippen molar-refractivity contribution in [3.63, 3.8) is 0 Å².